The van der Waals surface area contributed by atoms with E-state index in [1.54, 1.807) is 0 Å². The third kappa shape index (κ3) is 2.37. The minimum absolute atomic E-state index is 0.171. The van der Waals surface area contributed by atoms with Crippen LogP contribution in [0, 0.1) is 6.92 Å². The van der Waals surface area contributed by atoms with Gasteiger partial charge in [0.2, 0.25) is 0 Å². The Morgan fingerprint density at radius 2 is 2.07 bits per heavy atom. The summed E-state index contributed by atoms with van der Waals surface area (Å²) in [6.45, 7) is 2.11. The summed E-state index contributed by atoms with van der Waals surface area (Å²) in [5, 5.41) is 10.1. The highest BCUT2D eigenvalue weighted by Gasteiger charge is 2.24. The molecule has 2 atom stereocenters. The molecule has 2 unspecified atom stereocenters. The van der Waals surface area contributed by atoms with Crippen molar-refractivity contribution in [3.05, 3.63) is 29.6 Å². The lowest BCUT2D eigenvalue weighted by Gasteiger charge is -2.21. The summed E-state index contributed by atoms with van der Waals surface area (Å²) in [6, 6.07) is 2.03. The molecule has 0 bridgehead atoms. The van der Waals surface area contributed by atoms with Crippen molar-refractivity contribution in [2.75, 3.05) is 0 Å². The van der Waals surface area contributed by atoms with Gasteiger partial charge in [-0.2, -0.15) is 0 Å². The van der Waals surface area contributed by atoms with Crippen LogP contribution in [0.5, 0.6) is 0 Å². The molecule has 1 aromatic heterocycles. The lowest BCUT2D eigenvalue weighted by atomic mass is 9.88. The average molecular weight is 205 g/mol. The van der Waals surface area contributed by atoms with E-state index in [1.807, 2.05) is 18.5 Å². The molecule has 0 amide bonds. The van der Waals surface area contributed by atoms with E-state index in [2.05, 4.69) is 11.9 Å². The molecule has 0 saturated heterocycles. The maximum atomic E-state index is 10.1. The summed E-state index contributed by atoms with van der Waals surface area (Å²) in [5.74, 6) is 0.307. The molecule has 15 heavy (non-hydrogen) atoms. The first-order valence-corrected chi connectivity index (χ1v) is 5.87. The van der Waals surface area contributed by atoms with Crippen LogP contribution in [0.3, 0.4) is 0 Å². The molecule has 0 radical (unpaired) electrons. The van der Waals surface area contributed by atoms with Crippen molar-refractivity contribution >= 4 is 0 Å². The largest absolute Gasteiger partial charge is 0.392 e. The smallest absolute Gasteiger partial charge is 0.0609 e. The first-order chi connectivity index (χ1) is 7.29. The average Bonchev–Trinajstić information content (AvgIpc) is 2.44. The predicted octanol–water partition coefficient (Wildman–Crippen LogP) is 2.80. The van der Waals surface area contributed by atoms with E-state index in [-0.39, 0.29) is 6.10 Å². The van der Waals surface area contributed by atoms with Gasteiger partial charge >= 0.3 is 0 Å². The van der Waals surface area contributed by atoms with Gasteiger partial charge in [-0.3, -0.25) is 4.98 Å². The van der Waals surface area contributed by atoms with Crippen LogP contribution >= 0.6 is 0 Å². The van der Waals surface area contributed by atoms with Crippen molar-refractivity contribution in [1.29, 1.82) is 0 Å². The van der Waals surface area contributed by atoms with Gasteiger partial charge in [-0.1, -0.05) is 19.3 Å². The fourth-order valence-electron chi connectivity index (χ4n) is 2.52. The van der Waals surface area contributed by atoms with Crippen LogP contribution in [0.25, 0.3) is 0 Å². The van der Waals surface area contributed by atoms with Crippen molar-refractivity contribution in [3.63, 3.8) is 0 Å². The van der Waals surface area contributed by atoms with Crippen molar-refractivity contribution in [2.45, 2.75) is 51.0 Å². The van der Waals surface area contributed by atoms with Gasteiger partial charge in [-0.15, -0.1) is 0 Å². The molecule has 1 saturated carbocycles. The SMILES string of the molecule is Cc1ccncc1C1CCCCCC1O. The molecule has 82 valence electrons. The van der Waals surface area contributed by atoms with Crippen LogP contribution in [0.2, 0.25) is 0 Å². The molecule has 2 nitrogen and oxygen atoms in total. The van der Waals surface area contributed by atoms with E-state index in [9.17, 15) is 5.11 Å². The quantitative estimate of drug-likeness (QED) is 0.715. The number of hydrogen-bond acceptors (Lipinski definition) is 2. The van der Waals surface area contributed by atoms with E-state index in [4.69, 9.17) is 0 Å². The Labute approximate surface area is 91.4 Å². The molecule has 1 heterocycles. The molecule has 1 aromatic rings. The number of aliphatic hydroxyl groups excluding tert-OH is 1. The molecule has 1 aliphatic rings. The van der Waals surface area contributed by atoms with E-state index < -0.39 is 0 Å². The minimum atomic E-state index is -0.171. The van der Waals surface area contributed by atoms with E-state index in [0.29, 0.717) is 5.92 Å². The van der Waals surface area contributed by atoms with Gasteiger partial charge in [0.1, 0.15) is 0 Å². The third-order valence-electron chi connectivity index (χ3n) is 3.46. The second-order valence-electron chi connectivity index (χ2n) is 4.54. The molecule has 0 aromatic carbocycles. The van der Waals surface area contributed by atoms with Gasteiger partial charge in [-0.05, 0) is 37.0 Å². The molecule has 2 rings (SSSR count). The topological polar surface area (TPSA) is 33.1 Å². The van der Waals surface area contributed by atoms with Crippen LogP contribution in [-0.4, -0.2) is 16.2 Å². The third-order valence-corrected chi connectivity index (χ3v) is 3.46. The van der Waals surface area contributed by atoms with Gasteiger partial charge in [0, 0.05) is 18.3 Å². The summed E-state index contributed by atoms with van der Waals surface area (Å²) in [7, 11) is 0. The number of hydrogen-bond donors (Lipinski definition) is 1. The summed E-state index contributed by atoms with van der Waals surface area (Å²) < 4.78 is 0. The summed E-state index contributed by atoms with van der Waals surface area (Å²) in [4.78, 5) is 4.17. The van der Waals surface area contributed by atoms with Crippen molar-refractivity contribution in [1.82, 2.24) is 4.98 Å². The molecule has 2 heteroatoms. The fourth-order valence-corrected chi connectivity index (χ4v) is 2.52. The first kappa shape index (κ1) is 10.6. The molecule has 1 aliphatic carbocycles. The molecule has 1 fully saturated rings. The normalized spacial score (nSPS) is 27.3. The fraction of sp³-hybridized carbons (Fsp3) is 0.615. The Bertz CT molecular complexity index is 324. The highest BCUT2D eigenvalue weighted by Crippen LogP contribution is 2.32. The number of rotatable bonds is 1. The Morgan fingerprint density at radius 1 is 1.27 bits per heavy atom. The Morgan fingerprint density at radius 3 is 2.87 bits per heavy atom. The Hall–Kier alpha value is -0.890. The van der Waals surface area contributed by atoms with Gasteiger partial charge < -0.3 is 5.11 Å². The van der Waals surface area contributed by atoms with Crippen LogP contribution in [0.15, 0.2) is 18.5 Å². The highest BCUT2D eigenvalue weighted by atomic mass is 16.3. The number of aromatic nitrogens is 1. The van der Waals surface area contributed by atoms with Crippen molar-refractivity contribution in [3.8, 4) is 0 Å². The van der Waals surface area contributed by atoms with E-state index >= 15 is 0 Å². The molecule has 0 aliphatic heterocycles. The monoisotopic (exact) mass is 205 g/mol. The number of pyridine rings is 1. The summed E-state index contributed by atoms with van der Waals surface area (Å²) in [6.07, 6.45) is 9.28. The van der Waals surface area contributed by atoms with Crippen LogP contribution in [-0.2, 0) is 0 Å². The Kier molecular flexibility index (Phi) is 3.37. The van der Waals surface area contributed by atoms with E-state index in [1.165, 1.54) is 24.0 Å². The minimum Gasteiger partial charge on any atom is -0.392 e. The van der Waals surface area contributed by atoms with Crippen LogP contribution < -0.4 is 0 Å². The molecule has 0 spiro atoms. The van der Waals surface area contributed by atoms with Gasteiger partial charge in [0.15, 0.2) is 0 Å². The summed E-state index contributed by atoms with van der Waals surface area (Å²) in [5.41, 5.74) is 2.50. The maximum absolute atomic E-state index is 10.1. The maximum Gasteiger partial charge on any atom is 0.0609 e. The number of aryl methyl sites for hydroxylation is 1. The second kappa shape index (κ2) is 4.75. The molecule has 1 N–H and O–H groups in total. The predicted molar refractivity (Wildman–Crippen MR) is 60.8 cm³/mol. The zero-order valence-corrected chi connectivity index (χ0v) is 9.32. The van der Waals surface area contributed by atoms with Crippen LogP contribution in [0.1, 0.15) is 49.1 Å². The first-order valence-electron chi connectivity index (χ1n) is 5.87. The lowest BCUT2D eigenvalue weighted by Crippen LogP contribution is -2.17. The second-order valence-corrected chi connectivity index (χ2v) is 4.54. The van der Waals surface area contributed by atoms with Gasteiger partial charge in [0.25, 0.3) is 0 Å². The van der Waals surface area contributed by atoms with Gasteiger partial charge in [0.05, 0.1) is 6.10 Å². The van der Waals surface area contributed by atoms with Gasteiger partial charge in [-0.25, -0.2) is 0 Å². The number of nitrogens with zero attached hydrogens (tertiary/aromatic N) is 1. The Balaban J connectivity index is 2.24. The standard InChI is InChI=1S/C13H19NO/c1-10-7-8-14-9-12(10)11-5-3-2-4-6-13(11)15/h7-9,11,13,15H,2-6H2,1H3. The molecular weight excluding hydrogens is 186 g/mol. The van der Waals surface area contributed by atoms with Crippen LogP contribution in [0.4, 0.5) is 0 Å². The number of aliphatic hydroxyl groups is 1. The zero-order valence-electron chi connectivity index (χ0n) is 9.32. The molecular formula is C13H19NO. The zero-order chi connectivity index (χ0) is 10.7. The van der Waals surface area contributed by atoms with Crippen molar-refractivity contribution < 1.29 is 5.11 Å². The highest BCUT2D eigenvalue weighted by molar-refractivity contribution is 5.26. The van der Waals surface area contributed by atoms with Crippen molar-refractivity contribution in [2.24, 2.45) is 0 Å². The summed E-state index contributed by atoms with van der Waals surface area (Å²) >= 11 is 0. The lowest BCUT2D eigenvalue weighted by molar-refractivity contribution is 0.135. The van der Waals surface area contributed by atoms with E-state index in [0.717, 1.165) is 19.3 Å².